The van der Waals surface area contributed by atoms with Gasteiger partial charge in [-0.2, -0.15) is 0 Å². The average molecular weight is 291 g/mol. The van der Waals surface area contributed by atoms with Gasteiger partial charge in [-0.1, -0.05) is 24.3 Å². The Morgan fingerprint density at radius 1 is 1.45 bits per heavy atom. The van der Waals surface area contributed by atoms with Gasteiger partial charge in [0, 0.05) is 17.5 Å². The fourth-order valence-corrected chi connectivity index (χ4v) is 3.25. The van der Waals surface area contributed by atoms with Gasteiger partial charge in [0.25, 0.3) is 0 Å². The standard InChI is InChI=1S/C15H17NO3S/c1-19-14(17)7-4-9-16-15(18)12-8-10-20-13-6-3-2-5-11(12)13/h2-7,12H,8-10H2,1H3,(H,16,18)/b7-4+. The Hall–Kier alpha value is -1.75. The third-order valence-electron chi connectivity index (χ3n) is 3.12. The number of rotatable bonds is 4. The molecule has 1 aliphatic rings. The van der Waals surface area contributed by atoms with E-state index in [-0.39, 0.29) is 11.8 Å². The molecule has 1 unspecified atom stereocenters. The predicted octanol–water partition coefficient (Wildman–Crippen LogP) is 2.11. The van der Waals surface area contributed by atoms with Crippen LogP contribution in [0.2, 0.25) is 0 Å². The summed E-state index contributed by atoms with van der Waals surface area (Å²) in [5.74, 6) is 0.442. The molecule has 0 aliphatic carbocycles. The van der Waals surface area contributed by atoms with Crippen LogP contribution in [0.15, 0.2) is 41.3 Å². The van der Waals surface area contributed by atoms with Gasteiger partial charge in [-0.25, -0.2) is 4.79 Å². The molecular weight excluding hydrogens is 274 g/mol. The summed E-state index contributed by atoms with van der Waals surface area (Å²) in [6.45, 7) is 0.333. The van der Waals surface area contributed by atoms with Crippen LogP contribution in [0.5, 0.6) is 0 Å². The van der Waals surface area contributed by atoms with Gasteiger partial charge in [-0.15, -0.1) is 11.8 Å². The van der Waals surface area contributed by atoms with E-state index in [1.54, 1.807) is 17.8 Å². The van der Waals surface area contributed by atoms with Crippen LogP contribution in [0.4, 0.5) is 0 Å². The van der Waals surface area contributed by atoms with E-state index in [1.807, 2.05) is 18.2 Å². The Bertz CT molecular complexity index is 528. The van der Waals surface area contributed by atoms with Crippen LogP contribution in [0.25, 0.3) is 0 Å². The van der Waals surface area contributed by atoms with E-state index >= 15 is 0 Å². The molecule has 0 spiro atoms. The monoisotopic (exact) mass is 291 g/mol. The number of hydrogen-bond donors (Lipinski definition) is 1. The Morgan fingerprint density at radius 3 is 3.05 bits per heavy atom. The maximum Gasteiger partial charge on any atom is 0.330 e. The molecule has 1 atom stereocenters. The van der Waals surface area contributed by atoms with E-state index < -0.39 is 5.97 Å². The Balaban J connectivity index is 1.94. The highest BCUT2D eigenvalue weighted by Gasteiger charge is 2.25. The first-order chi connectivity index (χ1) is 9.72. The molecule has 5 heteroatoms. The van der Waals surface area contributed by atoms with Gasteiger partial charge in [-0.05, 0) is 23.8 Å². The lowest BCUT2D eigenvalue weighted by molar-refractivity contribution is -0.134. The quantitative estimate of drug-likeness (QED) is 0.682. The van der Waals surface area contributed by atoms with E-state index in [1.165, 1.54) is 18.1 Å². The van der Waals surface area contributed by atoms with Crippen LogP contribution < -0.4 is 5.32 Å². The van der Waals surface area contributed by atoms with E-state index in [2.05, 4.69) is 16.1 Å². The molecule has 0 radical (unpaired) electrons. The predicted molar refractivity (Wildman–Crippen MR) is 78.7 cm³/mol. The number of hydrogen-bond acceptors (Lipinski definition) is 4. The second-order valence-corrected chi connectivity index (χ2v) is 5.53. The van der Waals surface area contributed by atoms with Crippen LogP contribution in [-0.4, -0.2) is 31.3 Å². The van der Waals surface area contributed by atoms with Crippen LogP contribution in [0.3, 0.4) is 0 Å². The smallest absolute Gasteiger partial charge is 0.330 e. The molecule has 0 bridgehead atoms. The van der Waals surface area contributed by atoms with Crippen LogP contribution >= 0.6 is 11.8 Å². The van der Waals surface area contributed by atoms with Gasteiger partial charge < -0.3 is 10.1 Å². The first kappa shape index (κ1) is 14.7. The van der Waals surface area contributed by atoms with Crippen molar-refractivity contribution in [3.05, 3.63) is 42.0 Å². The van der Waals surface area contributed by atoms with Gasteiger partial charge in [0.2, 0.25) is 5.91 Å². The van der Waals surface area contributed by atoms with E-state index in [4.69, 9.17) is 0 Å². The topological polar surface area (TPSA) is 55.4 Å². The van der Waals surface area contributed by atoms with Crippen molar-refractivity contribution in [2.45, 2.75) is 17.2 Å². The number of nitrogens with one attached hydrogen (secondary N) is 1. The number of amides is 1. The fourth-order valence-electron chi connectivity index (χ4n) is 2.12. The highest BCUT2D eigenvalue weighted by Crippen LogP contribution is 2.37. The number of methoxy groups -OCH3 is 1. The highest BCUT2D eigenvalue weighted by molar-refractivity contribution is 7.99. The zero-order valence-electron chi connectivity index (χ0n) is 11.3. The third-order valence-corrected chi connectivity index (χ3v) is 4.25. The molecule has 2 rings (SSSR count). The summed E-state index contributed by atoms with van der Waals surface area (Å²) < 4.78 is 4.48. The summed E-state index contributed by atoms with van der Waals surface area (Å²) >= 11 is 1.79. The lowest BCUT2D eigenvalue weighted by atomic mass is 9.95. The van der Waals surface area contributed by atoms with Gasteiger partial charge in [0.1, 0.15) is 0 Å². The molecule has 1 aromatic rings. The second kappa shape index (κ2) is 7.14. The molecular formula is C15H17NO3S. The summed E-state index contributed by atoms with van der Waals surface area (Å²) in [5.41, 5.74) is 1.10. The Labute approximate surface area is 122 Å². The minimum Gasteiger partial charge on any atom is -0.466 e. The van der Waals surface area contributed by atoms with Crippen molar-refractivity contribution in [1.29, 1.82) is 0 Å². The normalized spacial score (nSPS) is 17.6. The second-order valence-electron chi connectivity index (χ2n) is 4.40. The molecule has 0 aromatic heterocycles. The number of carbonyl (C=O) groups excluding carboxylic acids is 2. The Kier molecular flexibility index (Phi) is 5.24. The van der Waals surface area contributed by atoms with Crippen molar-refractivity contribution in [3.8, 4) is 0 Å². The number of benzene rings is 1. The number of carbonyl (C=O) groups is 2. The molecule has 1 aliphatic heterocycles. The fraction of sp³-hybridized carbons (Fsp3) is 0.333. The van der Waals surface area contributed by atoms with Gasteiger partial charge in [0.15, 0.2) is 0 Å². The zero-order valence-corrected chi connectivity index (χ0v) is 12.1. The minimum absolute atomic E-state index is 0.00673. The van der Waals surface area contributed by atoms with Crippen molar-refractivity contribution in [3.63, 3.8) is 0 Å². The first-order valence-electron chi connectivity index (χ1n) is 6.46. The van der Waals surface area contributed by atoms with Crippen molar-refractivity contribution in [1.82, 2.24) is 5.32 Å². The number of thioether (sulfide) groups is 1. The zero-order chi connectivity index (χ0) is 14.4. The maximum atomic E-state index is 12.2. The summed E-state index contributed by atoms with van der Waals surface area (Å²) in [6, 6.07) is 8.01. The summed E-state index contributed by atoms with van der Waals surface area (Å²) in [7, 11) is 1.32. The van der Waals surface area contributed by atoms with E-state index in [0.29, 0.717) is 6.54 Å². The van der Waals surface area contributed by atoms with Crippen molar-refractivity contribution >= 4 is 23.6 Å². The number of esters is 1. The molecule has 1 amide bonds. The van der Waals surface area contributed by atoms with Crippen LogP contribution in [0, 0.1) is 0 Å². The van der Waals surface area contributed by atoms with Crippen LogP contribution in [-0.2, 0) is 14.3 Å². The first-order valence-corrected chi connectivity index (χ1v) is 7.45. The number of ether oxygens (including phenoxy) is 1. The SMILES string of the molecule is COC(=O)/C=C/CNC(=O)C1CCSc2ccccc21. The van der Waals surface area contributed by atoms with Crippen molar-refractivity contribution in [2.24, 2.45) is 0 Å². The van der Waals surface area contributed by atoms with E-state index in [9.17, 15) is 9.59 Å². The maximum absolute atomic E-state index is 12.2. The highest BCUT2D eigenvalue weighted by atomic mass is 32.2. The summed E-state index contributed by atoms with van der Waals surface area (Å²) in [5, 5.41) is 2.83. The molecule has 1 N–H and O–H groups in total. The Morgan fingerprint density at radius 2 is 2.25 bits per heavy atom. The molecule has 4 nitrogen and oxygen atoms in total. The summed E-state index contributed by atoms with van der Waals surface area (Å²) in [6.07, 6.45) is 3.74. The lowest BCUT2D eigenvalue weighted by Gasteiger charge is -2.23. The van der Waals surface area contributed by atoms with E-state index in [0.717, 1.165) is 17.7 Å². The number of fused-ring (bicyclic) bond motifs is 1. The summed E-state index contributed by atoms with van der Waals surface area (Å²) in [4.78, 5) is 24.3. The molecule has 0 saturated heterocycles. The van der Waals surface area contributed by atoms with Gasteiger partial charge in [-0.3, -0.25) is 4.79 Å². The average Bonchev–Trinajstić information content (AvgIpc) is 2.50. The van der Waals surface area contributed by atoms with Gasteiger partial charge >= 0.3 is 5.97 Å². The molecule has 1 aromatic carbocycles. The lowest BCUT2D eigenvalue weighted by Crippen LogP contribution is -2.31. The molecule has 20 heavy (non-hydrogen) atoms. The largest absolute Gasteiger partial charge is 0.466 e. The molecule has 106 valence electrons. The van der Waals surface area contributed by atoms with Crippen molar-refractivity contribution < 1.29 is 14.3 Å². The van der Waals surface area contributed by atoms with Crippen molar-refractivity contribution in [2.75, 3.05) is 19.4 Å². The van der Waals surface area contributed by atoms with Crippen LogP contribution in [0.1, 0.15) is 17.9 Å². The molecule has 0 fully saturated rings. The molecule has 1 heterocycles. The molecule has 0 saturated carbocycles. The van der Waals surface area contributed by atoms with Gasteiger partial charge in [0.05, 0.1) is 13.0 Å². The minimum atomic E-state index is -0.418. The third kappa shape index (κ3) is 3.63.